The summed E-state index contributed by atoms with van der Waals surface area (Å²) in [5.41, 5.74) is 7.96. The minimum atomic E-state index is 0.874. The molecule has 3 heteroatoms. The summed E-state index contributed by atoms with van der Waals surface area (Å²) in [4.78, 5) is 4.12. The summed E-state index contributed by atoms with van der Waals surface area (Å²) in [6, 6.07) is 31.1. The largest absolute Gasteiger partial charge is 0.456 e. The van der Waals surface area contributed by atoms with Crippen molar-refractivity contribution in [3.63, 3.8) is 0 Å². The van der Waals surface area contributed by atoms with Crippen LogP contribution in [0.2, 0.25) is 0 Å². The van der Waals surface area contributed by atoms with Crippen LogP contribution in [-0.4, -0.2) is 4.98 Å². The average Bonchev–Trinajstić information content (AvgIpc) is 3.42. The van der Waals surface area contributed by atoms with Crippen LogP contribution in [-0.2, 0) is 0 Å². The molecule has 0 bridgehead atoms. The predicted molar refractivity (Wildman–Crippen MR) is 130 cm³/mol. The molecule has 150 valence electrons. The second kappa shape index (κ2) is 6.56. The number of hydrogen-bond acceptors (Lipinski definition) is 3. The second-order valence-corrected chi connectivity index (χ2v) is 8.01. The van der Waals surface area contributed by atoms with E-state index in [4.69, 9.17) is 8.83 Å². The van der Waals surface area contributed by atoms with E-state index in [0.717, 1.165) is 66.1 Å². The molecule has 0 fully saturated rings. The van der Waals surface area contributed by atoms with Gasteiger partial charge in [0.2, 0.25) is 0 Å². The predicted octanol–water partition coefficient (Wildman–Crippen LogP) is 8.21. The summed E-state index contributed by atoms with van der Waals surface area (Å²) in [5, 5.41) is 4.43. The molecule has 3 heterocycles. The molecule has 0 atom stereocenters. The van der Waals surface area contributed by atoms with Crippen molar-refractivity contribution >= 4 is 43.9 Å². The standard InChI is InChI=1S/C29H17NO2/c1-3-7-24-21(5-1)27-26(31-24)17-23(29-28(27)22-6-2-4-8-25(22)32-29)20-11-9-18(10-12-20)19-13-15-30-16-14-19/h1-17H. The van der Waals surface area contributed by atoms with Gasteiger partial charge in [-0.1, -0.05) is 60.7 Å². The Morgan fingerprint density at radius 1 is 0.500 bits per heavy atom. The van der Waals surface area contributed by atoms with Crippen molar-refractivity contribution in [2.45, 2.75) is 0 Å². The molecular weight excluding hydrogens is 394 g/mol. The number of rotatable bonds is 2. The summed E-state index contributed by atoms with van der Waals surface area (Å²) < 4.78 is 12.7. The molecule has 4 aromatic carbocycles. The van der Waals surface area contributed by atoms with Gasteiger partial charge < -0.3 is 8.83 Å². The summed E-state index contributed by atoms with van der Waals surface area (Å²) in [6.45, 7) is 0. The molecule has 0 aliphatic heterocycles. The van der Waals surface area contributed by atoms with Gasteiger partial charge in [-0.3, -0.25) is 4.98 Å². The van der Waals surface area contributed by atoms with Gasteiger partial charge in [0.1, 0.15) is 22.3 Å². The summed E-state index contributed by atoms with van der Waals surface area (Å²) in [6.07, 6.45) is 3.63. The lowest BCUT2D eigenvalue weighted by molar-refractivity contribution is 0.664. The lowest BCUT2D eigenvalue weighted by Crippen LogP contribution is -1.83. The molecule has 3 aromatic heterocycles. The molecular formula is C29H17NO2. The number of furan rings is 2. The van der Waals surface area contributed by atoms with Gasteiger partial charge in [-0.25, -0.2) is 0 Å². The van der Waals surface area contributed by atoms with Crippen molar-refractivity contribution in [1.29, 1.82) is 0 Å². The highest BCUT2D eigenvalue weighted by molar-refractivity contribution is 6.28. The lowest BCUT2D eigenvalue weighted by atomic mass is 9.96. The van der Waals surface area contributed by atoms with Gasteiger partial charge >= 0.3 is 0 Å². The highest BCUT2D eigenvalue weighted by Gasteiger charge is 2.20. The Kier molecular flexibility index (Phi) is 3.55. The van der Waals surface area contributed by atoms with E-state index in [1.54, 1.807) is 0 Å². The molecule has 0 spiro atoms. The molecule has 0 amide bonds. The van der Waals surface area contributed by atoms with E-state index in [-0.39, 0.29) is 0 Å². The normalized spacial score (nSPS) is 11.8. The number of fused-ring (bicyclic) bond motifs is 7. The van der Waals surface area contributed by atoms with Crippen LogP contribution >= 0.6 is 0 Å². The Bertz CT molecular complexity index is 1760. The fourth-order valence-corrected chi connectivity index (χ4v) is 4.70. The van der Waals surface area contributed by atoms with Crippen LogP contribution in [0.5, 0.6) is 0 Å². The van der Waals surface area contributed by atoms with Crippen molar-refractivity contribution in [3.05, 3.63) is 103 Å². The van der Waals surface area contributed by atoms with Crippen molar-refractivity contribution in [2.24, 2.45) is 0 Å². The van der Waals surface area contributed by atoms with Crippen LogP contribution < -0.4 is 0 Å². The highest BCUT2D eigenvalue weighted by Crippen LogP contribution is 2.44. The van der Waals surface area contributed by atoms with E-state index < -0.39 is 0 Å². The minimum absolute atomic E-state index is 0.874. The maximum Gasteiger partial charge on any atom is 0.144 e. The number of aromatic nitrogens is 1. The van der Waals surface area contributed by atoms with Crippen LogP contribution in [0.1, 0.15) is 0 Å². The molecule has 0 radical (unpaired) electrons. The smallest absolute Gasteiger partial charge is 0.144 e. The minimum Gasteiger partial charge on any atom is -0.456 e. The first-order valence-electron chi connectivity index (χ1n) is 10.6. The Hall–Kier alpha value is -4.37. The van der Waals surface area contributed by atoms with Crippen LogP contribution in [0, 0.1) is 0 Å². The van der Waals surface area contributed by atoms with Crippen molar-refractivity contribution in [2.75, 3.05) is 0 Å². The Morgan fingerprint density at radius 2 is 1.09 bits per heavy atom. The maximum atomic E-state index is 6.43. The average molecular weight is 411 g/mol. The Labute approximate surface area is 183 Å². The molecule has 7 aromatic rings. The first kappa shape index (κ1) is 17.3. The fourth-order valence-electron chi connectivity index (χ4n) is 4.70. The van der Waals surface area contributed by atoms with Crippen molar-refractivity contribution in [3.8, 4) is 22.3 Å². The number of pyridine rings is 1. The third-order valence-electron chi connectivity index (χ3n) is 6.20. The molecule has 0 saturated carbocycles. The van der Waals surface area contributed by atoms with Gasteiger partial charge in [-0.2, -0.15) is 0 Å². The van der Waals surface area contributed by atoms with Crippen LogP contribution in [0.3, 0.4) is 0 Å². The Balaban J connectivity index is 1.55. The van der Waals surface area contributed by atoms with Gasteiger partial charge in [0.15, 0.2) is 0 Å². The Morgan fingerprint density at radius 3 is 1.84 bits per heavy atom. The summed E-state index contributed by atoms with van der Waals surface area (Å²) >= 11 is 0. The van der Waals surface area contributed by atoms with Crippen LogP contribution in [0.15, 0.2) is 112 Å². The lowest BCUT2D eigenvalue weighted by Gasteiger charge is -2.06. The van der Waals surface area contributed by atoms with E-state index in [1.807, 2.05) is 48.8 Å². The monoisotopic (exact) mass is 411 g/mol. The highest BCUT2D eigenvalue weighted by atomic mass is 16.3. The molecule has 0 unspecified atom stereocenters. The van der Waals surface area contributed by atoms with Gasteiger partial charge in [0.25, 0.3) is 0 Å². The quantitative estimate of drug-likeness (QED) is 0.288. The summed E-state index contributed by atoms with van der Waals surface area (Å²) in [7, 11) is 0. The van der Waals surface area contributed by atoms with Crippen molar-refractivity contribution in [1.82, 2.24) is 4.98 Å². The van der Waals surface area contributed by atoms with Gasteiger partial charge in [-0.15, -0.1) is 0 Å². The molecule has 0 N–H and O–H groups in total. The third kappa shape index (κ3) is 2.45. The van der Waals surface area contributed by atoms with E-state index in [2.05, 4.69) is 59.6 Å². The molecule has 0 aliphatic rings. The van der Waals surface area contributed by atoms with E-state index in [1.165, 1.54) is 0 Å². The maximum absolute atomic E-state index is 6.43. The zero-order valence-corrected chi connectivity index (χ0v) is 17.1. The third-order valence-corrected chi connectivity index (χ3v) is 6.20. The molecule has 0 aliphatic carbocycles. The first-order chi connectivity index (χ1) is 15.9. The number of nitrogens with zero attached hydrogens (tertiary/aromatic N) is 1. The molecule has 32 heavy (non-hydrogen) atoms. The SMILES string of the molecule is c1ccc2c(c1)oc1cc(-c3ccc(-c4ccncc4)cc3)c3oc4ccccc4c3c12. The van der Waals surface area contributed by atoms with Crippen LogP contribution in [0.25, 0.3) is 66.1 Å². The van der Waals surface area contributed by atoms with Gasteiger partial charge in [0, 0.05) is 39.5 Å². The zero-order chi connectivity index (χ0) is 21.1. The topological polar surface area (TPSA) is 39.2 Å². The number of para-hydroxylation sites is 2. The number of benzene rings is 4. The van der Waals surface area contributed by atoms with E-state index in [9.17, 15) is 0 Å². The van der Waals surface area contributed by atoms with E-state index in [0.29, 0.717) is 0 Å². The number of hydrogen-bond donors (Lipinski definition) is 0. The van der Waals surface area contributed by atoms with Crippen LogP contribution in [0.4, 0.5) is 0 Å². The fraction of sp³-hybridized carbons (Fsp3) is 0. The molecule has 7 rings (SSSR count). The summed E-state index contributed by atoms with van der Waals surface area (Å²) in [5.74, 6) is 0. The second-order valence-electron chi connectivity index (χ2n) is 8.01. The van der Waals surface area contributed by atoms with Gasteiger partial charge in [-0.05, 0) is 47.0 Å². The zero-order valence-electron chi connectivity index (χ0n) is 17.1. The molecule has 3 nitrogen and oxygen atoms in total. The van der Waals surface area contributed by atoms with E-state index >= 15 is 0 Å². The van der Waals surface area contributed by atoms with Crippen molar-refractivity contribution < 1.29 is 8.83 Å². The molecule has 0 saturated heterocycles. The first-order valence-corrected chi connectivity index (χ1v) is 10.6. The van der Waals surface area contributed by atoms with Gasteiger partial charge in [0.05, 0.1) is 0 Å².